The number of aliphatic hydroxyl groups is 1. The molecule has 7 nitrogen and oxygen atoms in total. The third-order valence-electron chi connectivity index (χ3n) is 3.15. The minimum absolute atomic E-state index is 0.0826. The first-order valence-electron chi connectivity index (χ1n) is 6.45. The Hall–Kier alpha value is -2.25. The van der Waals surface area contributed by atoms with Crippen molar-refractivity contribution in [2.24, 2.45) is 0 Å². The molecule has 2 aromatic rings. The van der Waals surface area contributed by atoms with Crippen LogP contribution in [0.25, 0.3) is 10.9 Å². The monoisotopic (exact) mass is 291 g/mol. The number of pyridine rings is 1. The number of hydrogen-bond acceptors (Lipinski definition) is 6. The number of aromatic nitrogens is 1. The van der Waals surface area contributed by atoms with Gasteiger partial charge in [-0.3, -0.25) is 10.1 Å². The van der Waals surface area contributed by atoms with Crippen molar-refractivity contribution in [2.45, 2.75) is 6.10 Å². The first-order chi connectivity index (χ1) is 10.0. The molecule has 2 rings (SSSR count). The molecular formula is C14H17N3O4. The van der Waals surface area contributed by atoms with Crippen molar-refractivity contribution >= 4 is 22.3 Å². The van der Waals surface area contributed by atoms with Crippen molar-refractivity contribution in [3.05, 3.63) is 40.6 Å². The van der Waals surface area contributed by atoms with Crippen LogP contribution in [0.2, 0.25) is 0 Å². The molecule has 0 spiro atoms. The van der Waals surface area contributed by atoms with Gasteiger partial charge in [0.2, 0.25) is 0 Å². The molecule has 0 aliphatic heterocycles. The third-order valence-corrected chi connectivity index (χ3v) is 3.15. The van der Waals surface area contributed by atoms with Gasteiger partial charge in [0, 0.05) is 26.1 Å². The SMILES string of the molecule is COCC(O)CN(C)c1c([N+](=O)[O-])cnc2ccccc12. The van der Waals surface area contributed by atoms with Crippen LogP contribution >= 0.6 is 0 Å². The Morgan fingerprint density at radius 1 is 1.48 bits per heavy atom. The zero-order valence-electron chi connectivity index (χ0n) is 11.9. The Bertz CT molecular complexity index is 647. The Morgan fingerprint density at radius 2 is 2.19 bits per heavy atom. The Morgan fingerprint density at radius 3 is 2.86 bits per heavy atom. The number of fused-ring (bicyclic) bond motifs is 1. The van der Waals surface area contributed by atoms with Crippen LogP contribution in [-0.4, -0.2) is 48.4 Å². The van der Waals surface area contributed by atoms with E-state index in [9.17, 15) is 15.2 Å². The standard InChI is InChI=1S/C14H17N3O4/c1-16(8-10(18)9-21-2)14-11-5-3-4-6-12(11)15-7-13(14)17(19)20/h3-7,10,18H,8-9H2,1-2H3. The van der Waals surface area contributed by atoms with Crippen molar-refractivity contribution in [3.8, 4) is 0 Å². The van der Waals surface area contributed by atoms with E-state index in [1.54, 1.807) is 30.1 Å². The molecule has 21 heavy (non-hydrogen) atoms. The van der Waals surface area contributed by atoms with Gasteiger partial charge in [0.05, 0.1) is 23.2 Å². The lowest BCUT2D eigenvalue weighted by atomic mass is 10.1. The summed E-state index contributed by atoms with van der Waals surface area (Å²) in [5.74, 6) is 0. The van der Waals surface area contributed by atoms with E-state index >= 15 is 0 Å². The van der Waals surface area contributed by atoms with Gasteiger partial charge in [0.15, 0.2) is 0 Å². The predicted octanol–water partition coefficient (Wildman–Crippen LogP) is 1.59. The number of ether oxygens (including phenoxy) is 1. The van der Waals surface area contributed by atoms with E-state index < -0.39 is 11.0 Å². The van der Waals surface area contributed by atoms with Crippen molar-refractivity contribution in [2.75, 3.05) is 32.2 Å². The van der Waals surface area contributed by atoms with Crippen molar-refractivity contribution in [1.29, 1.82) is 0 Å². The van der Waals surface area contributed by atoms with Gasteiger partial charge in [-0.05, 0) is 6.07 Å². The van der Waals surface area contributed by atoms with E-state index in [0.29, 0.717) is 16.6 Å². The van der Waals surface area contributed by atoms with Gasteiger partial charge >= 0.3 is 5.69 Å². The fourth-order valence-electron chi connectivity index (χ4n) is 2.30. The van der Waals surface area contributed by atoms with Crippen LogP contribution < -0.4 is 4.90 Å². The topological polar surface area (TPSA) is 88.7 Å². The number of para-hydroxylation sites is 1. The van der Waals surface area contributed by atoms with Crippen molar-refractivity contribution in [3.63, 3.8) is 0 Å². The van der Waals surface area contributed by atoms with Crippen LogP contribution in [0.15, 0.2) is 30.5 Å². The van der Waals surface area contributed by atoms with Gasteiger partial charge in [0.25, 0.3) is 0 Å². The van der Waals surface area contributed by atoms with Crippen molar-refractivity contribution < 1.29 is 14.8 Å². The van der Waals surface area contributed by atoms with E-state index in [1.165, 1.54) is 13.3 Å². The molecule has 0 radical (unpaired) electrons. The highest BCUT2D eigenvalue weighted by molar-refractivity contribution is 5.96. The van der Waals surface area contributed by atoms with E-state index in [-0.39, 0.29) is 18.8 Å². The molecule has 0 fully saturated rings. The third kappa shape index (κ3) is 3.26. The largest absolute Gasteiger partial charge is 0.389 e. The van der Waals surface area contributed by atoms with E-state index in [4.69, 9.17) is 4.74 Å². The van der Waals surface area contributed by atoms with E-state index in [1.807, 2.05) is 6.07 Å². The van der Waals surface area contributed by atoms with Gasteiger partial charge in [-0.25, -0.2) is 4.98 Å². The second kappa shape index (κ2) is 6.47. The van der Waals surface area contributed by atoms with Gasteiger partial charge in [-0.2, -0.15) is 0 Å². The number of methoxy groups -OCH3 is 1. The minimum Gasteiger partial charge on any atom is -0.389 e. The summed E-state index contributed by atoms with van der Waals surface area (Å²) in [4.78, 5) is 16.5. The molecule has 0 saturated carbocycles. The van der Waals surface area contributed by atoms with Crippen LogP contribution in [0.5, 0.6) is 0 Å². The van der Waals surface area contributed by atoms with Crippen molar-refractivity contribution in [1.82, 2.24) is 4.98 Å². The fourth-order valence-corrected chi connectivity index (χ4v) is 2.30. The number of benzene rings is 1. The highest BCUT2D eigenvalue weighted by Gasteiger charge is 2.22. The first kappa shape index (κ1) is 15.1. The second-order valence-electron chi connectivity index (χ2n) is 4.76. The summed E-state index contributed by atoms with van der Waals surface area (Å²) in [5, 5.41) is 21.7. The number of rotatable bonds is 6. The Kier molecular flexibility index (Phi) is 4.66. The average Bonchev–Trinajstić information content (AvgIpc) is 2.45. The Balaban J connectivity index is 2.48. The second-order valence-corrected chi connectivity index (χ2v) is 4.76. The van der Waals surface area contributed by atoms with Crippen LogP contribution in [0.4, 0.5) is 11.4 Å². The highest BCUT2D eigenvalue weighted by Crippen LogP contribution is 2.34. The fraction of sp³-hybridized carbons (Fsp3) is 0.357. The summed E-state index contributed by atoms with van der Waals surface area (Å²) in [6.07, 6.45) is 0.517. The van der Waals surface area contributed by atoms with Gasteiger partial charge in [0.1, 0.15) is 11.9 Å². The number of likely N-dealkylation sites (N-methyl/N-ethyl adjacent to an activating group) is 1. The highest BCUT2D eigenvalue weighted by atomic mass is 16.6. The number of nitro groups is 1. The molecular weight excluding hydrogens is 274 g/mol. The number of nitrogens with zero attached hydrogens (tertiary/aromatic N) is 3. The quantitative estimate of drug-likeness (QED) is 0.642. The summed E-state index contributed by atoms with van der Waals surface area (Å²) in [6, 6.07) is 7.20. The molecule has 0 aliphatic carbocycles. The molecule has 1 aromatic heterocycles. The summed E-state index contributed by atoms with van der Waals surface area (Å²) in [6.45, 7) is 0.393. The van der Waals surface area contributed by atoms with Gasteiger partial charge < -0.3 is 14.7 Å². The van der Waals surface area contributed by atoms with E-state index in [0.717, 1.165) is 0 Å². The maximum absolute atomic E-state index is 11.2. The molecule has 1 N–H and O–H groups in total. The normalized spacial score (nSPS) is 12.3. The molecule has 1 atom stereocenters. The van der Waals surface area contributed by atoms with Crippen LogP contribution in [-0.2, 0) is 4.74 Å². The molecule has 112 valence electrons. The van der Waals surface area contributed by atoms with Crippen LogP contribution in [0, 0.1) is 10.1 Å². The lowest BCUT2D eigenvalue weighted by molar-refractivity contribution is -0.384. The van der Waals surface area contributed by atoms with Gasteiger partial charge in [-0.15, -0.1) is 0 Å². The maximum atomic E-state index is 11.2. The Labute approximate surface area is 121 Å². The maximum Gasteiger partial charge on any atom is 0.311 e. The predicted molar refractivity (Wildman–Crippen MR) is 79.6 cm³/mol. The van der Waals surface area contributed by atoms with E-state index in [2.05, 4.69) is 4.98 Å². The number of hydrogen-bond donors (Lipinski definition) is 1. The molecule has 1 aromatic carbocycles. The molecule has 1 unspecified atom stereocenters. The number of anilines is 1. The lowest BCUT2D eigenvalue weighted by Gasteiger charge is -2.23. The molecule has 0 saturated heterocycles. The molecule has 1 heterocycles. The molecule has 7 heteroatoms. The minimum atomic E-state index is -0.730. The summed E-state index contributed by atoms with van der Waals surface area (Å²) < 4.78 is 4.88. The van der Waals surface area contributed by atoms with Crippen LogP contribution in [0.1, 0.15) is 0 Å². The number of aliphatic hydroxyl groups excluding tert-OH is 1. The summed E-state index contributed by atoms with van der Waals surface area (Å²) >= 11 is 0. The molecule has 0 aliphatic rings. The molecule has 0 amide bonds. The zero-order valence-corrected chi connectivity index (χ0v) is 11.9. The average molecular weight is 291 g/mol. The lowest BCUT2D eigenvalue weighted by Crippen LogP contribution is -2.32. The smallest absolute Gasteiger partial charge is 0.311 e. The molecule has 0 bridgehead atoms. The van der Waals surface area contributed by atoms with Gasteiger partial charge in [-0.1, -0.05) is 18.2 Å². The van der Waals surface area contributed by atoms with Crippen LogP contribution in [0.3, 0.4) is 0 Å². The summed E-state index contributed by atoms with van der Waals surface area (Å²) in [7, 11) is 3.20. The zero-order chi connectivity index (χ0) is 15.4. The first-order valence-corrected chi connectivity index (χ1v) is 6.45. The summed E-state index contributed by atoms with van der Waals surface area (Å²) in [5.41, 5.74) is 1.03.